The van der Waals surface area contributed by atoms with E-state index in [0.29, 0.717) is 35.6 Å². The molecular weight excluding hydrogens is 471 g/mol. The van der Waals surface area contributed by atoms with Gasteiger partial charge in [0.05, 0.1) is 11.6 Å². The molecular formula is C30H25FN2O4. The van der Waals surface area contributed by atoms with E-state index >= 15 is 0 Å². The number of carbonyl (C=O) groups excluding carboxylic acids is 2. The van der Waals surface area contributed by atoms with Crippen LogP contribution in [0.2, 0.25) is 0 Å². The minimum absolute atomic E-state index is 0.0303. The molecule has 6 rings (SSSR count). The Hall–Kier alpha value is -4.26. The number of allylic oxidation sites excluding steroid dienone is 1. The van der Waals surface area contributed by atoms with Gasteiger partial charge in [-0.1, -0.05) is 48.5 Å². The van der Waals surface area contributed by atoms with Crippen molar-refractivity contribution in [3.63, 3.8) is 0 Å². The summed E-state index contributed by atoms with van der Waals surface area (Å²) < 4.78 is 25.4. The Labute approximate surface area is 213 Å². The molecule has 6 nitrogen and oxygen atoms in total. The fourth-order valence-corrected chi connectivity index (χ4v) is 5.65. The van der Waals surface area contributed by atoms with Gasteiger partial charge in [-0.05, 0) is 54.7 Å². The summed E-state index contributed by atoms with van der Waals surface area (Å²) in [6.45, 7) is 1.89. The van der Waals surface area contributed by atoms with Crippen LogP contribution in [0.1, 0.15) is 42.7 Å². The van der Waals surface area contributed by atoms with Crippen molar-refractivity contribution in [1.29, 1.82) is 0 Å². The van der Waals surface area contributed by atoms with E-state index in [4.69, 9.17) is 14.5 Å². The smallest absolute Gasteiger partial charge is 0.254 e. The predicted octanol–water partition coefficient (Wildman–Crippen LogP) is 5.77. The molecule has 0 saturated heterocycles. The van der Waals surface area contributed by atoms with E-state index in [9.17, 15) is 14.0 Å². The molecule has 3 aromatic carbocycles. The molecule has 0 aromatic heterocycles. The first-order valence-electron chi connectivity index (χ1n) is 12.3. The normalized spacial score (nSPS) is 22.4. The number of hydrogen-bond acceptors (Lipinski definition) is 5. The van der Waals surface area contributed by atoms with Crippen LogP contribution in [-0.4, -0.2) is 24.2 Å². The number of hydrogen-bond donors (Lipinski definition) is 1. The number of halogens is 1. The lowest BCUT2D eigenvalue weighted by atomic mass is 9.66. The second-order valence-corrected chi connectivity index (χ2v) is 9.59. The van der Waals surface area contributed by atoms with E-state index in [1.54, 1.807) is 25.1 Å². The molecule has 3 aromatic rings. The Balaban J connectivity index is 1.43. The predicted molar refractivity (Wildman–Crippen MR) is 137 cm³/mol. The average Bonchev–Trinajstić information content (AvgIpc) is 3.37. The fourth-order valence-electron chi connectivity index (χ4n) is 5.65. The lowest BCUT2D eigenvalue weighted by Crippen LogP contribution is -2.41. The molecule has 1 N–H and O–H groups in total. The van der Waals surface area contributed by atoms with Gasteiger partial charge >= 0.3 is 0 Å². The maximum atomic E-state index is 14.4. The van der Waals surface area contributed by atoms with E-state index in [-0.39, 0.29) is 24.2 Å². The van der Waals surface area contributed by atoms with Gasteiger partial charge in [0.15, 0.2) is 11.5 Å². The second kappa shape index (κ2) is 9.32. The number of amides is 1. The zero-order valence-corrected chi connectivity index (χ0v) is 20.2. The monoisotopic (exact) mass is 496 g/mol. The molecule has 37 heavy (non-hydrogen) atoms. The van der Waals surface area contributed by atoms with E-state index in [1.807, 2.05) is 42.5 Å². The van der Waals surface area contributed by atoms with Crippen LogP contribution in [-0.2, 0) is 9.59 Å². The number of benzene rings is 3. The molecule has 3 atom stereocenters. The van der Waals surface area contributed by atoms with Gasteiger partial charge in [-0.3, -0.25) is 14.6 Å². The van der Waals surface area contributed by atoms with Crippen molar-refractivity contribution in [3.8, 4) is 11.5 Å². The third-order valence-electron chi connectivity index (χ3n) is 7.35. The van der Waals surface area contributed by atoms with Crippen LogP contribution in [0.5, 0.6) is 11.5 Å². The summed E-state index contributed by atoms with van der Waals surface area (Å²) in [4.78, 5) is 32.2. The molecule has 0 unspecified atom stereocenters. The number of carbonyl (C=O) groups is 2. The zero-order chi connectivity index (χ0) is 25.5. The van der Waals surface area contributed by atoms with Crippen LogP contribution in [0.25, 0.3) is 0 Å². The third kappa shape index (κ3) is 4.20. The summed E-state index contributed by atoms with van der Waals surface area (Å²) in [6, 6.07) is 21.5. The van der Waals surface area contributed by atoms with Gasteiger partial charge in [0.1, 0.15) is 11.6 Å². The topological polar surface area (TPSA) is 77.0 Å². The van der Waals surface area contributed by atoms with Crippen molar-refractivity contribution in [1.82, 2.24) is 0 Å². The Morgan fingerprint density at radius 1 is 0.919 bits per heavy atom. The third-order valence-corrected chi connectivity index (χ3v) is 7.35. The van der Waals surface area contributed by atoms with Crippen molar-refractivity contribution < 1.29 is 23.5 Å². The van der Waals surface area contributed by atoms with Crippen molar-refractivity contribution in [2.45, 2.75) is 31.6 Å². The van der Waals surface area contributed by atoms with Gasteiger partial charge in [0.25, 0.3) is 5.91 Å². The Bertz CT molecular complexity index is 1460. The van der Waals surface area contributed by atoms with Gasteiger partial charge in [-0.15, -0.1) is 0 Å². The number of para-hydroxylation sites is 1. The first kappa shape index (κ1) is 23.2. The molecule has 1 amide bonds. The van der Waals surface area contributed by atoms with Crippen LogP contribution >= 0.6 is 0 Å². The van der Waals surface area contributed by atoms with Crippen LogP contribution in [0.3, 0.4) is 0 Å². The number of rotatable bonds is 4. The number of Topliss-reactive ketones (excluding diaryl/α,β-unsaturated/α-hetero) is 1. The molecule has 2 heterocycles. The molecule has 1 saturated carbocycles. The Morgan fingerprint density at radius 2 is 1.68 bits per heavy atom. The molecule has 1 fully saturated rings. The molecule has 7 heteroatoms. The molecule has 3 aliphatic rings. The summed E-state index contributed by atoms with van der Waals surface area (Å²) in [6.07, 6.45) is 0.983. The van der Waals surface area contributed by atoms with Crippen molar-refractivity contribution in [2.75, 3.05) is 12.1 Å². The largest absolute Gasteiger partial charge is 0.454 e. The van der Waals surface area contributed by atoms with Gasteiger partial charge < -0.3 is 14.8 Å². The first-order valence-corrected chi connectivity index (χ1v) is 12.3. The maximum absolute atomic E-state index is 14.4. The quantitative estimate of drug-likeness (QED) is 0.498. The van der Waals surface area contributed by atoms with Crippen LogP contribution in [0, 0.1) is 11.7 Å². The van der Waals surface area contributed by atoms with Crippen LogP contribution in [0.4, 0.5) is 10.1 Å². The van der Waals surface area contributed by atoms with E-state index in [2.05, 4.69) is 5.32 Å². The summed E-state index contributed by atoms with van der Waals surface area (Å²) in [5.41, 5.74) is 3.57. The first-order chi connectivity index (χ1) is 18.0. The maximum Gasteiger partial charge on any atom is 0.254 e. The number of aliphatic imine (C=N–C) groups is 1. The summed E-state index contributed by atoms with van der Waals surface area (Å²) >= 11 is 0. The number of nitrogens with one attached hydrogen (secondary N) is 1. The number of anilines is 1. The molecule has 0 bridgehead atoms. The highest BCUT2D eigenvalue weighted by molar-refractivity contribution is 6.14. The van der Waals surface area contributed by atoms with Crippen molar-refractivity contribution in [3.05, 3.63) is 101 Å². The highest BCUT2D eigenvalue weighted by Crippen LogP contribution is 2.47. The van der Waals surface area contributed by atoms with E-state index < -0.39 is 23.6 Å². The number of ketones is 1. The Morgan fingerprint density at radius 3 is 2.49 bits per heavy atom. The molecule has 0 spiro atoms. The summed E-state index contributed by atoms with van der Waals surface area (Å²) in [5, 5.41) is 2.70. The molecule has 1 aliphatic carbocycles. The van der Waals surface area contributed by atoms with Gasteiger partial charge in [0, 0.05) is 29.3 Å². The minimum Gasteiger partial charge on any atom is -0.454 e. The molecule has 0 radical (unpaired) electrons. The van der Waals surface area contributed by atoms with Gasteiger partial charge in [0.2, 0.25) is 6.79 Å². The SMILES string of the molecule is CC1=C(C(=O)Nc2ccccc2F)[C@H](c2ccc3c(c2)OCO3)[C@@H]2C(=O)C[C@H](c3ccccc3)CC2=N1. The molecule has 186 valence electrons. The number of nitrogens with zero attached hydrogens (tertiary/aromatic N) is 1. The fraction of sp³-hybridized carbons (Fsp3) is 0.233. The lowest BCUT2D eigenvalue weighted by molar-refractivity contribution is -0.122. The average molecular weight is 497 g/mol. The molecule has 2 aliphatic heterocycles. The Kier molecular flexibility index (Phi) is 5.83. The standard InChI is InChI=1S/C30H25FN2O4/c1-17-27(30(35)33-22-10-6-5-9-21(22)31)28(19-11-12-25-26(15-19)37-16-36-25)29-23(32-17)13-20(14-24(29)34)18-7-3-2-4-8-18/h2-12,15,20,28-29H,13-14,16H2,1H3,(H,33,35)/t20-,28+,29+/m1/s1. The van der Waals surface area contributed by atoms with E-state index in [1.165, 1.54) is 12.1 Å². The highest BCUT2D eigenvalue weighted by Gasteiger charge is 2.46. The second-order valence-electron chi connectivity index (χ2n) is 9.59. The van der Waals surface area contributed by atoms with Crippen LogP contribution < -0.4 is 14.8 Å². The summed E-state index contributed by atoms with van der Waals surface area (Å²) in [5.74, 6) is -0.945. The van der Waals surface area contributed by atoms with Crippen molar-refractivity contribution >= 4 is 23.1 Å². The van der Waals surface area contributed by atoms with E-state index in [0.717, 1.165) is 16.8 Å². The number of fused-ring (bicyclic) bond motifs is 2. The van der Waals surface area contributed by atoms with Gasteiger partial charge in [-0.25, -0.2) is 4.39 Å². The van der Waals surface area contributed by atoms with Crippen molar-refractivity contribution in [2.24, 2.45) is 10.9 Å². The lowest BCUT2D eigenvalue weighted by Gasteiger charge is -2.38. The highest BCUT2D eigenvalue weighted by atomic mass is 19.1. The number of ether oxygens (including phenoxy) is 2. The zero-order valence-electron chi connectivity index (χ0n) is 20.2. The van der Waals surface area contributed by atoms with Crippen LogP contribution in [0.15, 0.2) is 89.1 Å². The van der Waals surface area contributed by atoms with Gasteiger partial charge in [-0.2, -0.15) is 0 Å². The minimum atomic E-state index is -0.592. The summed E-state index contributed by atoms with van der Waals surface area (Å²) in [7, 11) is 0.